The van der Waals surface area contributed by atoms with Gasteiger partial charge in [0.1, 0.15) is 0 Å². The molecular formula is C16H24IN3S2. The smallest absolute Gasteiger partial charge is 0.191 e. The van der Waals surface area contributed by atoms with Gasteiger partial charge in [0.15, 0.2) is 5.96 Å². The molecule has 2 aromatic rings. The SMILES string of the molecule is CCNC(=NCc1cccs1)NCC(C)(C)c1cccs1.I. The fraction of sp³-hybridized carbons (Fsp3) is 0.438. The summed E-state index contributed by atoms with van der Waals surface area (Å²) in [5.74, 6) is 0.885. The number of nitrogens with one attached hydrogen (secondary N) is 2. The van der Waals surface area contributed by atoms with Crippen molar-refractivity contribution in [3.8, 4) is 0 Å². The van der Waals surface area contributed by atoms with E-state index in [2.05, 4.69) is 71.4 Å². The number of guanidine groups is 1. The summed E-state index contributed by atoms with van der Waals surface area (Å²) in [4.78, 5) is 7.32. The van der Waals surface area contributed by atoms with Crippen molar-refractivity contribution in [3.63, 3.8) is 0 Å². The Morgan fingerprint density at radius 1 is 1.14 bits per heavy atom. The predicted octanol–water partition coefficient (Wildman–Crippen LogP) is 4.46. The van der Waals surface area contributed by atoms with Gasteiger partial charge in [-0.3, -0.25) is 0 Å². The van der Waals surface area contributed by atoms with E-state index in [0.717, 1.165) is 25.6 Å². The van der Waals surface area contributed by atoms with E-state index in [4.69, 9.17) is 0 Å². The second kappa shape index (κ2) is 9.52. The Bertz CT molecular complexity index is 548. The molecule has 2 rings (SSSR count). The highest BCUT2D eigenvalue weighted by Crippen LogP contribution is 2.26. The summed E-state index contributed by atoms with van der Waals surface area (Å²) >= 11 is 3.55. The van der Waals surface area contributed by atoms with Crippen LogP contribution in [0, 0.1) is 0 Å². The molecule has 0 fully saturated rings. The minimum atomic E-state index is 0. The van der Waals surface area contributed by atoms with Gasteiger partial charge in [-0.2, -0.15) is 0 Å². The number of hydrogen-bond acceptors (Lipinski definition) is 3. The molecule has 0 spiro atoms. The average Bonchev–Trinajstić information content (AvgIpc) is 3.14. The van der Waals surface area contributed by atoms with Crippen molar-refractivity contribution < 1.29 is 0 Å². The lowest BCUT2D eigenvalue weighted by Crippen LogP contribution is -2.43. The summed E-state index contributed by atoms with van der Waals surface area (Å²) in [6.45, 7) is 9.07. The highest BCUT2D eigenvalue weighted by molar-refractivity contribution is 14.0. The first-order valence-corrected chi connectivity index (χ1v) is 8.96. The third-order valence-electron chi connectivity index (χ3n) is 3.20. The number of hydrogen-bond donors (Lipinski definition) is 2. The van der Waals surface area contributed by atoms with Crippen molar-refractivity contribution in [3.05, 3.63) is 44.8 Å². The molecule has 2 N–H and O–H groups in total. The molecule has 0 saturated heterocycles. The second-order valence-corrected chi connectivity index (χ2v) is 7.47. The van der Waals surface area contributed by atoms with Crippen LogP contribution >= 0.6 is 46.7 Å². The molecule has 3 nitrogen and oxygen atoms in total. The monoisotopic (exact) mass is 449 g/mol. The minimum absolute atomic E-state index is 0. The summed E-state index contributed by atoms with van der Waals surface area (Å²) in [5.41, 5.74) is 0.104. The molecule has 0 aromatic carbocycles. The Hall–Kier alpha value is -0.600. The van der Waals surface area contributed by atoms with Crippen molar-refractivity contribution in [2.45, 2.75) is 32.7 Å². The van der Waals surface area contributed by atoms with Crippen LogP contribution < -0.4 is 10.6 Å². The number of aliphatic imine (C=N–C) groups is 1. The van der Waals surface area contributed by atoms with Crippen LogP contribution in [0.25, 0.3) is 0 Å². The number of rotatable bonds is 6. The van der Waals surface area contributed by atoms with Crippen molar-refractivity contribution in [1.82, 2.24) is 10.6 Å². The Balaban J connectivity index is 0.00000242. The molecule has 0 amide bonds. The maximum Gasteiger partial charge on any atom is 0.191 e. The molecule has 2 aromatic heterocycles. The predicted molar refractivity (Wildman–Crippen MR) is 110 cm³/mol. The molecule has 0 radical (unpaired) electrons. The van der Waals surface area contributed by atoms with Crippen LogP contribution in [0.1, 0.15) is 30.5 Å². The van der Waals surface area contributed by atoms with E-state index in [1.54, 1.807) is 11.3 Å². The molecule has 0 aliphatic heterocycles. The van der Waals surface area contributed by atoms with Crippen LogP contribution in [-0.2, 0) is 12.0 Å². The van der Waals surface area contributed by atoms with Gasteiger partial charge >= 0.3 is 0 Å². The normalized spacial score (nSPS) is 11.9. The summed E-state index contributed by atoms with van der Waals surface area (Å²) in [7, 11) is 0. The van der Waals surface area contributed by atoms with Crippen molar-refractivity contribution in [2.75, 3.05) is 13.1 Å². The van der Waals surface area contributed by atoms with Gasteiger partial charge in [0.05, 0.1) is 6.54 Å². The van der Waals surface area contributed by atoms with Crippen LogP contribution in [0.3, 0.4) is 0 Å². The fourth-order valence-corrected chi connectivity index (χ4v) is 3.44. The molecular weight excluding hydrogens is 425 g/mol. The number of halogens is 1. The number of thiophene rings is 2. The van der Waals surface area contributed by atoms with Gasteiger partial charge in [-0.1, -0.05) is 26.0 Å². The quantitative estimate of drug-likeness (QED) is 0.388. The van der Waals surface area contributed by atoms with Crippen LogP contribution in [0.5, 0.6) is 0 Å². The Morgan fingerprint density at radius 2 is 1.86 bits per heavy atom. The average molecular weight is 449 g/mol. The second-order valence-electron chi connectivity index (χ2n) is 5.49. The molecule has 0 aliphatic rings. The fourth-order valence-electron chi connectivity index (χ4n) is 1.96. The molecule has 6 heteroatoms. The zero-order valence-electron chi connectivity index (χ0n) is 13.3. The maximum absolute atomic E-state index is 4.65. The Morgan fingerprint density at radius 3 is 2.45 bits per heavy atom. The zero-order valence-corrected chi connectivity index (χ0v) is 17.2. The number of nitrogens with zero attached hydrogens (tertiary/aromatic N) is 1. The summed E-state index contributed by atoms with van der Waals surface area (Å²) in [6.07, 6.45) is 0. The lowest BCUT2D eigenvalue weighted by atomic mass is 9.91. The summed E-state index contributed by atoms with van der Waals surface area (Å²) in [6, 6.07) is 8.49. The Kier molecular flexibility index (Phi) is 8.41. The summed E-state index contributed by atoms with van der Waals surface area (Å²) < 4.78 is 0. The van der Waals surface area contributed by atoms with Gasteiger partial charge in [0, 0.05) is 28.3 Å². The van der Waals surface area contributed by atoms with E-state index in [1.165, 1.54) is 9.75 Å². The molecule has 0 bridgehead atoms. The van der Waals surface area contributed by atoms with Gasteiger partial charge in [0.2, 0.25) is 0 Å². The third kappa shape index (κ3) is 5.89. The van der Waals surface area contributed by atoms with E-state index >= 15 is 0 Å². The summed E-state index contributed by atoms with van der Waals surface area (Å²) in [5, 5.41) is 11.0. The molecule has 0 saturated carbocycles. The largest absolute Gasteiger partial charge is 0.357 e. The first-order chi connectivity index (χ1) is 10.1. The molecule has 22 heavy (non-hydrogen) atoms. The molecule has 0 atom stereocenters. The van der Waals surface area contributed by atoms with E-state index in [0.29, 0.717) is 0 Å². The first kappa shape index (κ1) is 19.4. The van der Waals surface area contributed by atoms with E-state index < -0.39 is 0 Å². The lowest BCUT2D eigenvalue weighted by molar-refractivity contribution is 0.518. The van der Waals surface area contributed by atoms with Crippen molar-refractivity contribution in [1.29, 1.82) is 0 Å². The highest BCUT2D eigenvalue weighted by atomic mass is 127. The highest BCUT2D eigenvalue weighted by Gasteiger charge is 2.21. The van der Waals surface area contributed by atoms with Crippen LogP contribution in [0.4, 0.5) is 0 Å². The van der Waals surface area contributed by atoms with Crippen LogP contribution in [0.15, 0.2) is 40.0 Å². The van der Waals surface area contributed by atoms with Gasteiger partial charge in [-0.25, -0.2) is 4.99 Å². The minimum Gasteiger partial charge on any atom is -0.357 e. The van der Waals surface area contributed by atoms with E-state index in [1.807, 2.05) is 11.3 Å². The van der Waals surface area contributed by atoms with Crippen LogP contribution in [0.2, 0.25) is 0 Å². The van der Waals surface area contributed by atoms with Gasteiger partial charge in [-0.15, -0.1) is 46.7 Å². The molecule has 2 heterocycles. The molecule has 0 unspecified atom stereocenters. The van der Waals surface area contributed by atoms with Crippen molar-refractivity contribution in [2.24, 2.45) is 4.99 Å². The standard InChI is InChI=1S/C16H23N3S2.HI/c1-4-17-15(18-11-13-7-5-9-20-13)19-12-16(2,3)14-8-6-10-21-14;/h5-10H,4,11-12H2,1-3H3,(H2,17,18,19);1H. The van der Waals surface area contributed by atoms with E-state index in [9.17, 15) is 0 Å². The lowest BCUT2D eigenvalue weighted by Gasteiger charge is -2.25. The van der Waals surface area contributed by atoms with E-state index in [-0.39, 0.29) is 29.4 Å². The zero-order chi connectivity index (χ0) is 15.1. The first-order valence-electron chi connectivity index (χ1n) is 7.20. The van der Waals surface area contributed by atoms with Gasteiger partial charge in [-0.05, 0) is 29.8 Å². The Labute approximate surface area is 158 Å². The van der Waals surface area contributed by atoms with Crippen molar-refractivity contribution >= 4 is 52.6 Å². The van der Waals surface area contributed by atoms with Crippen LogP contribution in [-0.4, -0.2) is 19.0 Å². The maximum atomic E-state index is 4.65. The molecule has 0 aliphatic carbocycles. The molecule has 122 valence electrons. The van der Waals surface area contributed by atoms with Gasteiger partial charge < -0.3 is 10.6 Å². The van der Waals surface area contributed by atoms with Gasteiger partial charge in [0.25, 0.3) is 0 Å². The third-order valence-corrected chi connectivity index (χ3v) is 5.30. The topological polar surface area (TPSA) is 36.4 Å².